The summed E-state index contributed by atoms with van der Waals surface area (Å²) in [5.41, 5.74) is -0.490. The van der Waals surface area contributed by atoms with Crippen LogP contribution in [0.1, 0.15) is 29.9 Å². The number of para-hydroxylation sites is 1. The number of carbonyl (C=O) groups is 2. The van der Waals surface area contributed by atoms with Crippen molar-refractivity contribution in [2.75, 3.05) is 32.8 Å². The zero-order valence-electron chi connectivity index (χ0n) is 17.0. The first-order chi connectivity index (χ1) is 14.1. The number of phenols is 1. The lowest BCUT2D eigenvalue weighted by molar-refractivity contribution is 0.0275. The molecule has 10 nitrogen and oxygen atoms in total. The van der Waals surface area contributed by atoms with Crippen molar-refractivity contribution in [3.63, 3.8) is 0 Å². The van der Waals surface area contributed by atoms with Gasteiger partial charge in [-0.1, -0.05) is 12.1 Å². The highest BCUT2D eigenvalue weighted by atomic mass is 16.5. The smallest absolute Gasteiger partial charge is 0.356 e. The number of hydrogen-bond donors (Lipinski definition) is 3. The molecule has 2 aromatic rings. The number of amides is 1. The molecule has 3 N–H and O–H groups in total. The van der Waals surface area contributed by atoms with E-state index >= 15 is 0 Å². The number of hydrogen-bond acceptors (Lipinski definition) is 7. The van der Waals surface area contributed by atoms with Crippen LogP contribution < -0.4 is 4.74 Å². The second-order valence-corrected chi connectivity index (χ2v) is 7.86. The molecular weight excluding hydrogens is 392 g/mol. The molecule has 0 saturated carbocycles. The fraction of sp³-hybridized carbons (Fsp3) is 0.450. The number of ether oxygens (including phenoxy) is 1. The van der Waals surface area contributed by atoms with Crippen molar-refractivity contribution >= 4 is 12.0 Å². The largest absolute Gasteiger partial charge is 0.504 e. The minimum atomic E-state index is -1.18. The zero-order valence-corrected chi connectivity index (χ0v) is 17.0. The zero-order chi connectivity index (χ0) is 21.9. The van der Waals surface area contributed by atoms with E-state index in [4.69, 9.17) is 9.84 Å². The quantitative estimate of drug-likeness (QED) is 0.639. The Bertz CT molecular complexity index is 912. The third-order valence-electron chi connectivity index (χ3n) is 4.70. The van der Waals surface area contributed by atoms with Gasteiger partial charge in [-0.3, -0.25) is 4.90 Å². The number of aromatic hydroxyl groups is 1. The van der Waals surface area contributed by atoms with E-state index in [9.17, 15) is 19.8 Å². The molecule has 0 aliphatic carbocycles. The summed E-state index contributed by atoms with van der Waals surface area (Å²) in [6.45, 7) is 5.88. The van der Waals surface area contributed by atoms with Crippen molar-refractivity contribution in [1.29, 1.82) is 0 Å². The standard InChI is InChI=1S/C20H26N4O6/c1-20(2,29)13-30-16-5-3-4-14(17(16)25)12-22-8-10-23(11-9-22)19(28)24-7-6-15(21-24)18(26)27/h3-7,25,29H,8-13H2,1-2H3,(H,26,27). The number of carboxylic acid groups (broad SMARTS) is 1. The van der Waals surface area contributed by atoms with Crippen molar-refractivity contribution in [2.24, 2.45) is 0 Å². The molecule has 0 spiro atoms. The minimum absolute atomic E-state index is 0.0398. The van der Waals surface area contributed by atoms with Crippen LogP contribution in [-0.4, -0.2) is 85.3 Å². The molecule has 0 bridgehead atoms. The summed E-state index contributed by atoms with van der Waals surface area (Å²) in [5.74, 6) is -0.825. The van der Waals surface area contributed by atoms with Gasteiger partial charge in [0.15, 0.2) is 17.2 Å². The predicted octanol–water partition coefficient (Wildman–Crippen LogP) is 1.22. The fourth-order valence-corrected chi connectivity index (χ4v) is 3.09. The monoisotopic (exact) mass is 418 g/mol. The molecule has 1 saturated heterocycles. The average molecular weight is 418 g/mol. The van der Waals surface area contributed by atoms with Crippen molar-refractivity contribution in [1.82, 2.24) is 19.6 Å². The van der Waals surface area contributed by atoms with Crippen LogP contribution in [0.15, 0.2) is 30.5 Å². The number of benzene rings is 1. The maximum atomic E-state index is 12.5. The van der Waals surface area contributed by atoms with Gasteiger partial charge in [-0.25, -0.2) is 9.59 Å². The Morgan fingerprint density at radius 2 is 1.87 bits per heavy atom. The molecule has 0 unspecified atom stereocenters. The van der Waals surface area contributed by atoms with Crippen LogP contribution in [0.25, 0.3) is 0 Å². The Hall–Kier alpha value is -3.11. The van der Waals surface area contributed by atoms with Gasteiger partial charge < -0.3 is 25.0 Å². The highest BCUT2D eigenvalue weighted by Gasteiger charge is 2.24. The Balaban J connectivity index is 1.57. The van der Waals surface area contributed by atoms with E-state index in [1.54, 1.807) is 36.9 Å². The van der Waals surface area contributed by atoms with E-state index in [1.807, 2.05) is 0 Å². The minimum Gasteiger partial charge on any atom is -0.504 e. The van der Waals surface area contributed by atoms with Crippen molar-refractivity contribution in [3.8, 4) is 11.5 Å². The second-order valence-electron chi connectivity index (χ2n) is 7.86. The summed E-state index contributed by atoms with van der Waals surface area (Å²) >= 11 is 0. The number of rotatable bonds is 6. The highest BCUT2D eigenvalue weighted by molar-refractivity contribution is 5.86. The van der Waals surface area contributed by atoms with Gasteiger partial charge in [-0.2, -0.15) is 9.78 Å². The molecule has 1 aliphatic rings. The Kier molecular flexibility index (Phi) is 6.28. The molecule has 3 rings (SSSR count). The molecular formula is C20H26N4O6. The number of phenolic OH excluding ortho intramolecular Hbond substituents is 1. The normalized spacial score (nSPS) is 15.2. The van der Waals surface area contributed by atoms with Crippen molar-refractivity contribution in [3.05, 3.63) is 41.7 Å². The van der Waals surface area contributed by atoms with Crippen LogP contribution >= 0.6 is 0 Å². The number of aromatic carboxylic acids is 1. The molecule has 1 aliphatic heterocycles. The Labute approximate surface area is 173 Å². The van der Waals surface area contributed by atoms with Crippen LogP contribution in [0.4, 0.5) is 4.79 Å². The summed E-state index contributed by atoms with van der Waals surface area (Å²) in [4.78, 5) is 27.1. The lowest BCUT2D eigenvalue weighted by Crippen LogP contribution is -2.49. The lowest BCUT2D eigenvalue weighted by Gasteiger charge is -2.34. The molecule has 0 atom stereocenters. The van der Waals surface area contributed by atoms with E-state index in [2.05, 4.69) is 10.00 Å². The molecule has 1 fully saturated rings. The molecule has 0 radical (unpaired) electrons. The molecule has 162 valence electrons. The first-order valence-electron chi connectivity index (χ1n) is 9.61. The van der Waals surface area contributed by atoms with Gasteiger partial charge in [-0.05, 0) is 26.0 Å². The summed E-state index contributed by atoms with van der Waals surface area (Å²) in [6, 6.07) is 6.16. The third-order valence-corrected chi connectivity index (χ3v) is 4.70. The van der Waals surface area contributed by atoms with Gasteiger partial charge in [0.25, 0.3) is 0 Å². The summed E-state index contributed by atoms with van der Waals surface area (Å²) in [7, 11) is 0. The van der Waals surface area contributed by atoms with Gasteiger partial charge in [0.1, 0.15) is 6.61 Å². The van der Waals surface area contributed by atoms with Crippen LogP contribution in [-0.2, 0) is 6.54 Å². The number of carboxylic acids is 1. The number of aliphatic hydroxyl groups is 1. The first kappa shape index (κ1) is 21.6. The fourth-order valence-electron chi connectivity index (χ4n) is 3.09. The maximum absolute atomic E-state index is 12.5. The average Bonchev–Trinajstić information content (AvgIpc) is 3.18. The summed E-state index contributed by atoms with van der Waals surface area (Å²) < 4.78 is 6.56. The van der Waals surface area contributed by atoms with Gasteiger partial charge in [0, 0.05) is 44.5 Å². The number of piperazine rings is 1. The van der Waals surface area contributed by atoms with E-state index in [0.717, 1.165) is 4.68 Å². The van der Waals surface area contributed by atoms with Crippen molar-refractivity contribution in [2.45, 2.75) is 26.0 Å². The number of carbonyl (C=O) groups excluding carboxylic acids is 1. The van der Waals surface area contributed by atoms with Crippen LogP contribution in [0, 0.1) is 0 Å². The SMILES string of the molecule is CC(C)(O)COc1cccc(CN2CCN(C(=O)n3ccc(C(=O)O)n3)CC2)c1O. The van der Waals surface area contributed by atoms with Gasteiger partial charge >= 0.3 is 12.0 Å². The Morgan fingerprint density at radius 1 is 1.17 bits per heavy atom. The topological polar surface area (TPSA) is 128 Å². The first-order valence-corrected chi connectivity index (χ1v) is 9.61. The van der Waals surface area contributed by atoms with E-state index in [0.29, 0.717) is 44.0 Å². The Morgan fingerprint density at radius 3 is 2.47 bits per heavy atom. The predicted molar refractivity (Wildman–Crippen MR) is 107 cm³/mol. The third kappa shape index (κ3) is 5.28. The molecule has 1 aromatic carbocycles. The van der Waals surface area contributed by atoms with E-state index < -0.39 is 11.6 Å². The molecule has 1 aromatic heterocycles. The molecule has 30 heavy (non-hydrogen) atoms. The van der Waals surface area contributed by atoms with Crippen LogP contribution in [0.5, 0.6) is 11.5 Å². The maximum Gasteiger partial charge on any atom is 0.356 e. The van der Waals surface area contributed by atoms with Gasteiger partial charge in [-0.15, -0.1) is 0 Å². The number of aromatic nitrogens is 2. The van der Waals surface area contributed by atoms with Crippen LogP contribution in [0.3, 0.4) is 0 Å². The van der Waals surface area contributed by atoms with Crippen LogP contribution in [0.2, 0.25) is 0 Å². The van der Waals surface area contributed by atoms with Gasteiger partial charge in [0.05, 0.1) is 5.60 Å². The summed E-state index contributed by atoms with van der Waals surface area (Å²) in [6.07, 6.45) is 1.34. The summed E-state index contributed by atoms with van der Waals surface area (Å²) in [5, 5.41) is 33.0. The van der Waals surface area contributed by atoms with Gasteiger partial charge in [0.2, 0.25) is 0 Å². The van der Waals surface area contributed by atoms with E-state index in [-0.39, 0.29) is 24.1 Å². The van der Waals surface area contributed by atoms with E-state index in [1.165, 1.54) is 12.3 Å². The highest BCUT2D eigenvalue weighted by Crippen LogP contribution is 2.31. The van der Waals surface area contributed by atoms with Crippen molar-refractivity contribution < 1.29 is 29.6 Å². The molecule has 1 amide bonds. The molecule has 2 heterocycles. The second kappa shape index (κ2) is 8.72. The number of nitrogens with zero attached hydrogens (tertiary/aromatic N) is 4. The lowest BCUT2D eigenvalue weighted by atomic mass is 10.1. The molecule has 10 heteroatoms.